The smallest absolute Gasteiger partial charge is 0.263 e. The summed E-state index contributed by atoms with van der Waals surface area (Å²) in [6.45, 7) is 7.39. The maximum absolute atomic E-state index is 12.5. The first kappa shape index (κ1) is 16.9. The van der Waals surface area contributed by atoms with Crippen LogP contribution in [0.15, 0.2) is 23.4 Å². The van der Waals surface area contributed by atoms with Crippen molar-refractivity contribution >= 4 is 5.91 Å². The number of pyridine rings is 1. The van der Waals surface area contributed by atoms with Gasteiger partial charge in [0.25, 0.3) is 11.5 Å². The van der Waals surface area contributed by atoms with Crippen LogP contribution in [-0.2, 0) is 13.1 Å². The molecule has 0 fully saturated rings. The van der Waals surface area contributed by atoms with Crippen LogP contribution in [0.3, 0.4) is 0 Å². The van der Waals surface area contributed by atoms with Crippen molar-refractivity contribution in [2.45, 2.75) is 40.3 Å². The predicted molar refractivity (Wildman–Crippen MR) is 85.0 cm³/mol. The summed E-state index contributed by atoms with van der Waals surface area (Å²) in [5.41, 5.74) is 0.634. The largest absolute Gasteiger partial charge is 0.350 e. The van der Waals surface area contributed by atoms with Gasteiger partial charge in [-0.3, -0.25) is 9.59 Å². The lowest BCUT2D eigenvalue weighted by Crippen LogP contribution is -2.35. The lowest BCUT2D eigenvalue weighted by Gasteiger charge is -2.12. The van der Waals surface area contributed by atoms with Gasteiger partial charge in [0, 0.05) is 19.3 Å². The van der Waals surface area contributed by atoms with Gasteiger partial charge in [0.1, 0.15) is 11.9 Å². The molecule has 0 spiro atoms. The number of amides is 1. The van der Waals surface area contributed by atoms with E-state index >= 15 is 0 Å². The quantitative estimate of drug-likeness (QED) is 0.807. The third-order valence-corrected chi connectivity index (χ3v) is 3.57. The van der Waals surface area contributed by atoms with Crippen molar-refractivity contribution in [3.8, 4) is 0 Å². The van der Waals surface area contributed by atoms with E-state index in [4.69, 9.17) is 0 Å². The minimum atomic E-state index is -0.362. The normalized spacial score (nSPS) is 11.0. The maximum atomic E-state index is 12.5. The molecule has 0 aromatic carbocycles. The molecule has 8 heteroatoms. The zero-order valence-corrected chi connectivity index (χ0v) is 13.7. The topological polar surface area (TPSA) is 94.7 Å². The van der Waals surface area contributed by atoms with Crippen LogP contribution in [0.1, 0.15) is 36.2 Å². The van der Waals surface area contributed by atoms with Gasteiger partial charge in [0.2, 0.25) is 0 Å². The van der Waals surface area contributed by atoms with Gasteiger partial charge >= 0.3 is 0 Å². The van der Waals surface area contributed by atoms with E-state index in [0.717, 1.165) is 6.42 Å². The van der Waals surface area contributed by atoms with E-state index in [1.807, 2.05) is 0 Å². The van der Waals surface area contributed by atoms with E-state index in [1.54, 1.807) is 23.8 Å². The van der Waals surface area contributed by atoms with Crippen LogP contribution in [0.2, 0.25) is 0 Å². The van der Waals surface area contributed by atoms with Crippen molar-refractivity contribution in [1.82, 2.24) is 30.1 Å². The molecule has 0 radical (unpaired) electrons. The molecule has 0 atom stereocenters. The molecule has 0 aliphatic heterocycles. The summed E-state index contributed by atoms with van der Waals surface area (Å²) < 4.78 is 3.11. The van der Waals surface area contributed by atoms with Crippen LogP contribution in [-0.4, -0.2) is 37.2 Å². The van der Waals surface area contributed by atoms with Crippen LogP contribution in [0.5, 0.6) is 0 Å². The molecule has 1 N–H and O–H groups in total. The van der Waals surface area contributed by atoms with Gasteiger partial charge in [-0.2, -0.15) is 0 Å². The maximum Gasteiger partial charge on any atom is 0.263 e. The number of carbonyl (C=O) groups excluding carboxylic acids is 1. The van der Waals surface area contributed by atoms with E-state index in [0.29, 0.717) is 31.1 Å². The van der Waals surface area contributed by atoms with Gasteiger partial charge in [-0.05, 0) is 41.3 Å². The van der Waals surface area contributed by atoms with Gasteiger partial charge in [-0.25, -0.2) is 4.68 Å². The number of aromatic nitrogens is 5. The number of carbonyl (C=O) groups is 1. The molecule has 0 aliphatic rings. The molecular weight excluding hydrogens is 296 g/mol. The molecule has 23 heavy (non-hydrogen) atoms. The lowest BCUT2D eigenvalue weighted by atomic mass is 10.1. The molecule has 0 aliphatic carbocycles. The highest BCUT2D eigenvalue weighted by atomic mass is 16.2. The van der Waals surface area contributed by atoms with Crippen LogP contribution in [0.4, 0.5) is 0 Å². The van der Waals surface area contributed by atoms with E-state index < -0.39 is 0 Å². The number of hydrogen-bond acceptors (Lipinski definition) is 5. The number of tetrazole rings is 1. The van der Waals surface area contributed by atoms with Gasteiger partial charge in [-0.15, -0.1) is 5.10 Å². The number of nitrogens with zero attached hydrogens (tertiary/aromatic N) is 5. The Morgan fingerprint density at radius 3 is 2.78 bits per heavy atom. The highest BCUT2D eigenvalue weighted by Gasteiger charge is 2.15. The Kier molecular flexibility index (Phi) is 5.61. The van der Waals surface area contributed by atoms with Crippen molar-refractivity contribution in [2.24, 2.45) is 5.92 Å². The summed E-state index contributed by atoms with van der Waals surface area (Å²) >= 11 is 0. The van der Waals surface area contributed by atoms with Crippen LogP contribution in [0.25, 0.3) is 0 Å². The zero-order valence-electron chi connectivity index (χ0n) is 13.7. The molecule has 2 aromatic rings. The average molecular weight is 318 g/mol. The van der Waals surface area contributed by atoms with E-state index in [1.165, 1.54) is 11.0 Å². The van der Waals surface area contributed by atoms with Crippen LogP contribution >= 0.6 is 0 Å². The van der Waals surface area contributed by atoms with Gasteiger partial charge in [0.05, 0.1) is 6.54 Å². The second kappa shape index (κ2) is 7.66. The van der Waals surface area contributed by atoms with Gasteiger partial charge < -0.3 is 9.88 Å². The fourth-order valence-corrected chi connectivity index (χ4v) is 2.17. The molecule has 0 saturated carbocycles. The number of hydrogen-bond donors (Lipinski definition) is 1. The summed E-state index contributed by atoms with van der Waals surface area (Å²) in [5.74, 6) is 0.135. The second-order valence-corrected chi connectivity index (χ2v) is 5.88. The van der Waals surface area contributed by atoms with Gasteiger partial charge in [-0.1, -0.05) is 13.8 Å². The van der Waals surface area contributed by atoms with E-state index in [-0.39, 0.29) is 17.0 Å². The first-order chi connectivity index (χ1) is 11.0. The highest BCUT2D eigenvalue weighted by Crippen LogP contribution is 2.05. The van der Waals surface area contributed by atoms with Gasteiger partial charge in [0.15, 0.2) is 0 Å². The van der Waals surface area contributed by atoms with Crippen molar-refractivity contribution in [3.05, 3.63) is 40.1 Å². The second-order valence-electron chi connectivity index (χ2n) is 5.88. The molecule has 124 valence electrons. The summed E-state index contributed by atoms with van der Waals surface area (Å²) in [7, 11) is 0. The summed E-state index contributed by atoms with van der Waals surface area (Å²) in [5, 5.41) is 13.5. The number of rotatable bonds is 7. The average Bonchev–Trinajstić information content (AvgIpc) is 2.99. The van der Waals surface area contributed by atoms with Crippen molar-refractivity contribution in [3.63, 3.8) is 0 Å². The molecule has 0 bridgehead atoms. The lowest BCUT2D eigenvalue weighted by molar-refractivity contribution is 0.0949. The molecule has 0 unspecified atom stereocenters. The first-order valence-electron chi connectivity index (χ1n) is 7.68. The summed E-state index contributed by atoms with van der Waals surface area (Å²) in [6.07, 6.45) is 4.11. The monoisotopic (exact) mass is 318 g/mol. The van der Waals surface area contributed by atoms with Crippen LogP contribution in [0, 0.1) is 12.8 Å². The molecule has 2 heterocycles. The fourth-order valence-electron chi connectivity index (χ4n) is 2.17. The number of nitrogens with one attached hydrogen (secondary N) is 1. The molecule has 0 saturated heterocycles. The Morgan fingerprint density at radius 1 is 1.35 bits per heavy atom. The van der Waals surface area contributed by atoms with E-state index in [2.05, 4.69) is 34.7 Å². The minimum Gasteiger partial charge on any atom is -0.350 e. The SMILES string of the molecule is Cc1ccn(CCC(C)C)c(=O)c1C(=O)NCCn1cnnn1. The Labute approximate surface area is 134 Å². The minimum absolute atomic E-state index is 0.202. The molecule has 1 amide bonds. The third-order valence-electron chi connectivity index (χ3n) is 3.57. The van der Waals surface area contributed by atoms with Crippen molar-refractivity contribution in [2.75, 3.05) is 6.54 Å². The molecule has 2 aromatic heterocycles. The van der Waals surface area contributed by atoms with E-state index in [9.17, 15) is 9.59 Å². The Balaban J connectivity index is 2.06. The fraction of sp³-hybridized carbons (Fsp3) is 0.533. The van der Waals surface area contributed by atoms with Crippen molar-refractivity contribution < 1.29 is 4.79 Å². The standard InChI is InChI=1S/C15H22N6O2/c1-11(2)4-7-20-8-5-12(3)13(15(20)23)14(22)16-6-9-21-10-17-18-19-21/h5,8,10-11H,4,6-7,9H2,1-3H3,(H,16,22). The Hall–Kier alpha value is -2.51. The first-order valence-corrected chi connectivity index (χ1v) is 7.68. The Bertz CT molecular complexity index is 705. The summed E-state index contributed by atoms with van der Waals surface area (Å²) in [4.78, 5) is 24.8. The zero-order chi connectivity index (χ0) is 16.8. The Morgan fingerprint density at radius 2 is 2.13 bits per heavy atom. The highest BCUT2D eigenvalue weighted by molar-refractivity contribution is 5.95. The molecule has 8 nitrogen and oxygen atoms in total. The number of aryl methyl sites for hydroxylation is 2. The van der Waals surface area contributed by atoms with Crippen molar-refractivity contribution in [1.29, 1.82) is 0 Å². The molecule has 2 rings (SSSR count). The predicted octanol–water partition coefficient (Wildman–Crippen LogP) is 0.619. The van der Waals surface area contributed by atoms with Crippen LogP contribution < -0.4 is 10.9 Å². The summed E-state index contributed by atoms with van der Waals surface area (Å²) in [6, 6.07) is 1.80. The third kappa shape index (κ3) is 4.48. The molecular formula is C15H22N6O2.